The molecule has 5 nitrogen and oxygen atoms in total. The van der Waals surface area contributed by atoms with Crippen molar-refractivity contribution in [2.75, 3.05) is 6.54 Å². The van der Waals surface area contributed by atoms with Crippen LogP contribution < -0.4 is 5.32 Å². The van der Waals surface area contributed by atoms with Crippen LogP contribution in [0.5, 0.6) is 0 Å². The van der Waals surface area contributed by atoms with E-state index in [9.17, 15) is 4.79 Å². The number of rotatable bonds is 4. The van der Waals surface area contributed by atoms with Crippen molar-refractivity contribution in [3.05, 3.63) is 11.6 Å². The van der Waals surface area contributed by atoms with E-state index < -0.39 is 0 Å². The van der Waals surface area contributed by atoms with E-state index in [1.54, 1.807) is 0 Å². The van der Waals surface area contributed by atoms with Crippen molar-refractivity contribution in [3.63, 3.8) is 0 Å². The van der Waals surface area contributed by atoms with Gasteiger partial charge in [0.25, 0.3) is 0 Å². The Kier molecular flexibility index (Phi) is 3.53. The highest BCUT2D eigenvalue weighted by Gasteiger charge is 2.38. The van der Waals surface area contributed by atoms with Gasteiger partial charge in [-0.15, -0.1) is 10.2 Å². The highest BCUT2D eigenvalue weighted by Crippen LogP contribution is 2.37. The molecule has 1 aliphatic carbocycles. The molecule has 2 unspecified atom stereocenters. The number of fused-ring (bicyclic) bond motifs is 1. The number of nitrogens with zero attached hydrogens (tertiary/aromatic N) is 3. The molecule has 0 spiro atoms. The molecule has 2 atom stereocenters. The molecule has 0 saturated heterocycles. The Hall–Kier alpha value is -1.39. The average Bonchev–Trinajstić information content (AvgIpc) is 3.09. The number of aromatic nitrogens is 3. The number of amides is 1. The quantitative estimate of drug-likeness (QED) is 0.890. The highest BCUT2D eigenvalue weighted by molar-refractivity contribution is 5.81. The second-order valence-corrected chi connectivity index (χ2v) is 5.86. The maximum absolute atomic E-state index is 11.7. The maximum Gasteiger partial charge on any atom is 0.223 e. The van der Waals surface area contributed by atoms with Gasteiger partial charge in [0.15, 0.2) is 0 Å². The average molecular weight is 262 g/mol. The smallest absolute Gasteiger partial charge is 0.223 e. The van der Waals surface area contributed by atoms with Gasteiger partial charge in [0.1, 0.15) is 11.6 Å². The lowest BCUT2D eigenvalue weighted by atomic mass is 10.2. The molecule has 19 heavy (non-hydrogen) atoms. The molecule has 2 aliphatic rings. The fourth-order valence-corrected chi connectivity index (χ4v) is 2.85. The van der Waals surface area contributed by atoms with Gasteiger partial charge in [0.05, 0.1) is 0 Å². The molecule has 0 radical (unpaired) electrons. The molecular weight excluding hydrogens is 240 g/mol. The van der Waals surface area contributed by atoms with Crippen LogP contribution in [0.2, 0.25) is 0 Å². The molecule has 1 aliphatic heterocycles. The van der Waals surface area contributed by atoms with E-state index in [1.807, 2.05) is 0 Å². The molecule has 2 heterocycles. The molecule has 1 amide bonds. The number of nitrogens with one attached hydrogen (secondary N) is 1. The van der Waals surface area contributed by atoms with E-state index in [-0.39, 0.29) is 11.8 Å². The minimum Gasteiger partial charge on any atom is -0.355 e. The van der Waals surface area contributed by atoms with Gasteiger partial charge in [0, 0.05) is 31.8 Å². The molecular formula is C14H22N4O. The summed E-state index contributed by atoms with van der Waals surface area (Å²) in [5.74, 6) is 3.19. The molecule has 1 saturated carbocycles. The summed E-state index contributed by atoms with van der Waals surface area (Å²) in [6, 6.07) is 0. The van der Waals surface area contributed by atoms with Crippen LogP contribution in [0.25, 0.3) is 0 Å². The third-order valence-corrected chi connectivity index (χ3v) is 4.28. The molecule has 1 aromatic heterocycles. The molecule has 1 fully saturated rings. The van der Waals surface area contributed by atoms with Gasteiger partial charge < -0.3 is 9.88 Å². The number of carbonyl (C=O) groups is 1. The summed E-state index contributed by atoms with van der Waals surface area (Å²) in [5, 5.41) is 11.6. The zero-order valence-electron chi connectivity index (χ0n) is 11.6. The fraction of sp³-hybridized carbons (Fsp3) is 0.786. The Bertz CT molecular complexity index is 468. The van der Waals surface area contributed by atoms with Crippen molar-refractivity contribution in [2.45, 2.75) is 52.0 Å². The van der Waals surface area contributed by atoms with Crippen LogP contribution in [0.15, 0.2) is 0 Å². The Labute approximate surface area is 113 Å². The van der Waals surface area contributed by atoms with E-state index in [0.29, 0.717) is 12.5 Å². The Morgan fingerprint density at radius 3 is 3.00 bits per heavy atom. The van der Waals surface area contributed by atoms with Crippen LogP contribution in [0.3, 0.4) is 0 Å². The van der Waals surface area contributed by atoms with Gasteiger partial charge in [-0.25, -0.2) is 0 Å². The van der Waals surface area contributed by atoms with Crippen LogP contribution in [0.1, 0.15) is 44.3 Å². The van der Waals surface area contributed by atoms with Crippen LogP contribution in [0, 0.1) is 11.8 Å². The first-order valence-corrected chi connectivity index (χ1v) is 7.44. The SMILES string of the molecule is CC1CC1C(=O)NCCc1nnc2n1CCCCC2. The maximum atomic E-state index is 11.7. The van der Waals surface area contributed by atoms with Crippen molar-refractivity contribution in [1.82, 2.24) is 20.1 Å². The largest absolute Gasteiger partial charge is 0.355 e. The minimum absolute atomic E-state index is 0.211. The summed E-state index contributed by atoms with van der Waals surface area (Å²) in [6.45, 7) is 3.84. The van der Waals surface area contributed by atoms with E-state index >= 15 is 0 Å². The number of carbonyl (C=O) groups excluding carboxylic acids is 1. The van der Waals surface area contributed by atoms with E-state index in [0.717, 1.165) is 37.5 Å². The Morgan fingerprint density at radius 1 is 1.37 bits per heavy atom. The predicted octanol–water partition coefficient (Wildman–Crippen LogP) is 1.32. The zero-order chi connectivity index (χ0) is 13.2. The van der Waals surface area contributed by atoms with E-state index in [2.05, 4.69) is 27.0 Å². The van der Waals surface area contributed by atoms with E-state index in [1.165, 1.54) is 19.3 Å². The number of hydrogen-bond acceptors (Lipinski definition) is 3. The first-order valence-electron chi connectivity index (χ1n) is 7.44. The van der Waals surface area contributed by atoms with Crippen LogP contribution in [0.4, 0.5) is 0 Å². The molecule has 104 valence electrons. The second kappa shape index (κ2) is 5.31. The predicted molar refractivity (Wildman–Crippen MR) is 71.6 cm³/mol. The number of hydrogen-bond donors (Lipinski definition) is 1. The molecule has 3 rings (SSSR count). The number of aryl methyl sites for hydroxylation is 1. The molecule has 0 bridgehead atoms. The standard InChI is InChI=1S/C14H22N4O/c1-10-9-11(10)14(19)15-7-6-13-17-16-12-5-3-2-4-8-18(12)13/h10-11H,2-9H2,1H3,(H,15,19). The second-order valence-electron chi connectivity index (χ2n) is 5.86. The van der Waals surface area contributed by atoms with Crippen molar-refractivity contribution < 1.29 is 4.79 Å². The van der Waals surface area contributed by atoms with Crippen molar-refractivity contribution in [2.24, 2.45) is 11.8 Å². The Morgan fingerprint density at radius 2 is 2.21 bits per heavy atom. The third-order valence-electron chi connectivity index (χ3n) is 4.28. The summed E-state index contributed by atoms with van der Waals surface area (Å²) < 4.78 is 2.25. The fourth-order valence-electron chi connectivity index (χ4n) is 2.85. The third kappa shape index (κ3) is 2.80. The topological polar surface area (TPSA) is 59.8 Å². The first kappa shape index (κ1) is 12.6. The van der Waals surface area contributed by atoms with Crippen LogP contribution in [-0.2, 0) is 24.2 Å². The minimum atomic E-state index is 0.211. The summed E-state index contributed by atoms with van der Waals surface area (Å²) in [5.41, 5.74) is 0. The summed E-state index contributed by atoms with van der Waals surface area (Å²) >= 11 is 0. The lowest BCUT2D eigenvalue weighted by Gasteiger charge is -2.07. The van der Waals surface area contributed by atoms with Gasteiger partial charge in [0.2, 0.25) is 5.91 Å². The van der Waals surface area contributed by atoms with Crippen molar-refractivity contribution in [3.8, 4) is 0 Å². The summed E-state index contributed by atoms with van der Waals surface area (Å²) in [6.07, 6.45) is 6.59. The monoisotopic (exact) mass is 262 g/mol. The Balaban J connectivity index is 1.52. The van der Waals surface area contributed by atoms with Gasteiger partial charge >= 0.3 is 0 Å². The van der Waals surface area contributed by atoms with Crippen molar-refractivity contribution >= 4 is 5.91 Å². The van der Waals surface area contributed by atoms with E-state index in [4.69, 9.17) is 0 Å². The molecule has 1 N–H and O–H groups in total. The van der Waals surface area contributed by atoms with Crippen LogP contribution >= 0.6 is 0 Å². The van der Waals surface area contributed by atoms with Gasteiger partial charge in [-0.05, 0) is 25.2 Å². The molecule has 5 heteroatoms. The zero-order valence-corrected chi connectivity index (χ0v) is 11.6. The van der Waals surface area contributed by atoms with Gasteiger partial charge in [-0.2, -0.15) is 0 Å². The van der Waals surface area contributed by atoms with Gasteiger partial charge in [-0.3, -0.25) is 4.79 Å². The summed E-state index contributed by atoms with van der Waals surface area (Å²) in [7, 11) is 0. The van der Waals surface area contributed by atoms with Gasteiger partial charge in [-0.1, -0.05) is 13.3 Å². The van der Waals surface area contributed by atoms with Crippen molar-refractivity contribution in [1.29, 1.82) is 0 Å². The lowest BCUT2D eigenvalue weighted by molar-refractivity contribution is -0.122. The normalized spacial score (nSPS) is 25.5. The molecule has 1 aromatic rings. The highest BCUT2D eigenvalue weighted by atomic mass is 16.2. The summed E-state index contributed by atoms with van der Waals surface area (Å²) in [4.78, 5) is 11.7. The first-order chi connectivity index (χ1) is 9.25. The molecule has 0 aromatic carbocycles. The van der Waals surface area contributed by atoms with Crippen LogP contribution in [-0.4, -0.2) is 27.2 Å². The lowest BCUT2D eigenvalue weighted by Crippen LogP contribution is -2.28.